The first kappa shape index (κ1) is 26.3. The van der Waals surface area contributed by atoms with Crippen molar-refractivity contribution in [3.8, 4) is 0 Å². The molecule has 0 spiro atoms. The van der Waals surface area contributed by atoms with Gasteiger partial charge in [-0.2, -0.15) is 16.8 Å². The molecule has 0 fully saturated rings. The van der Waals surface area contributed by atoms with Crippen molar-refractivity contribution in [1.82, 2.24) is 0 Å². The molecule has 6 nitrogen and oxygen atoms in total. The predicted molar refractivity (Wildman–Crippen MR) is 118 cm³/mol. The minimum Gasteiger partial charge on any atom is -0.266 e. The Morgan fingerprint density at radius 1 is 0.600 bits per heavy atom. The third kappa shape index (κ3) is 9.38. The van der Waals surface area contributed by atoms with Crippen LogP contribution in [0.4, 0.5) is 0 Å². The van der Waals surface area contributed by atoms with E-state index in [9.17, 15) is 16.8 Å². The lowest BCUT2D eigenvalue weighted by molar-refractivity contribution is 0.310. The van der Waals surface area contributed by atoms with Gasteiger partial charge in [-0.1, -0.05) is 62.1 Å². The molecule has 8 heteroatoms. The molecule has 0 N–H and O–H groups in total. The van der Waals surface area contributed by atoms with Crippen LogP contribution in [0.15, 0.2) is 58.3 Å². The van der Waals surface area contributed by atoms with Gasteiger partial charge >= 0.3 is 0 Å². The zero-order valence-electron chi connectivity index (χ0n) is 18.1. The van der Waals surface area contributed by atoms with Crippen LogP contribution in [0, 0.1) is 13.8 Å². The molecule has 0 heterocycles. The normalized spacial score (nSPS) is 11.6. The van der Waals surface area contributed by atoms with E-state index in [1.54, 1.807) is 48.5 Å². The average Bonchev–Trinajstić information content (AvgIpc) is 2.69. The Balaban J connectivity index is 0.000000300. The highest BCUT2D eigenvalue weighted by Gasteiger charge is 2.14. The van der Waals surface area contributed by atoms with Gasteiger partial charge in [0.25, 0.3) is 20.2 Å². The van der Waals surface area contributed by atoms with Gasteiger partial charge in [0, 0.05) is 0 Å². The Hall–Kier alpha value is -1.74. The van der Waals surface area contributed by atoms with Gasteiger partial charge in [-0.05, 0) is 51.0 Å². The van der Waals surface area contributed by atoms with Crippen LogP contribution in [0.3, 0.4) is 0 Å². The molecule has 0 aliphatic carbocycles. The molecule has 0 aromatic heterocycles. The Kier molecular flexibility index (Phi) is 11.3. The summed E-state index contributed by atoms with van der Waals surface area (Å²) in [5, 5.41) is 0. The average molecular weight is 457 g/mol. The Morgan fingerprint density at radius 3 is 1.17 bits per heavy atom. The molecular weight excluding hydrogens is 424 g/mol. The van der Waals surface area contributed by atoms with E-state index in [-0.39, 0.29) is 23.0 Å². The van der Waals surface area contributed by atoms with E-state index < -0.39 is 20.2 Å². The van der Waals surface area contributed by atoms with Gasteiger partial charge in [-0.15, -0.1) is 0 Å². The lowest BCUT2D eigenvalue weighted by Crippen LogP contribution is -2.07. The largest absolute Gasteiger partial charge is 0.296 e. The molecule has 0 atom stereocenters. The van der Waals surface area contributed by atoms with E-state index in [0.29, 0.717) is 0 Å². The maximum absolute atomic E-state index is 11.6. The number of rotatable bonds is 10. The zero-order valence-corrected chi connectivity index (χ0v) is 19.8. The minimum atomic E-state index is -3.55. The number of hydrogen-bond acceptors (Lipinski definition) is 6. The second-order valence-electron chi connectivity index (χ2n) is 6.89. The van der Waals surface area contributed by atoms with Gasteiger partial charge in [0.05, 0.1) is 23.0 Å². The highest BCUT2D eigenvalue weighted by Crippen LogP contribution is 2.14. The summed E-state index contributed by atoms with van der Waals surface area (Å²) in [6.45, 7) is 8.31. The molecule has 0 aliphatic heterocycles. The van der Waals surface area contributed by atoms with Crippen molar-refractivity contribution in [2.24, 2.45) is 0 Å². The van der Waals surface area contributed by atoms with E-state index in [1.807, 2.05) is 27.7 Å². The van der Waals surface area contributed by atoms with E-state index in [4.69, 9.17) is 8.37 Å². The first-order valence-corrected chi connectivity index (χ1v) is 12.9. The summed E-state index contributed by atoms with van der Waals surface area (Å²) in [5.41, 5.74) is 2.06. The van der Waals surface area contributed by atoms with Crippen molar-refractivity contribution >= 4 is 20.2 Å². The molecule has 30 heavy (non-hydrogen) atoms. The summed E-state index contributed by atoms with van der Waals surface area (Å²) < 4.78 is 56.1. The topological polar surface area (TPSA) is 86.7 Å². The maximum atomic E-state index is 11.6. The van der Waals surface area contributed by atoms with E-state index in [2.05, 4.69) is 0 Å². The number of aryl methyl sites for hydroxylation is 2. The van der Waals surface area contributed by atoms with Gasteiger partial charge in [0.1, 0.15) is 0 Å². The smallest absolute Gasteiger partial charge is 0.266 e. The summed E-state index contributed by atoms with van der Waals surface area (Å²) in [6, 6.07) is 13.3. The van der Waals surface area contributed by atoms with Crippen molar-refractivity contribution in [2.45, 2.75) is 63.2 Å². The fourth-order valence-electron chi connectivity index (χ4n) is 2.17. The lowest BCUT2D eigenvalue weighted by atomic mass is 10.2. The minimum absolute atomic E-state index is 0.226. The predicted octanol–water partition coefficient (Wildman–Crippen LogP) is 5.00. The first-order valence-electron chi connectivity index (χ1n) is 10.0. The van der Waals surface area contributed by atoms with E-state index >= 15 is 0 Å². The molecule has 0 aliphatic rings. The Labute approximate surface area is 181 Å². The summed E-state index contributed by atoms with van der Waals surface area (Å²) in [6.07, 6.45) is 3.35. The fraction of sp³-hybridized carbons (Fsp3) is 0.455. The molecule has 0 unspecified atom stereocenters. The van der Waals surface area contributed by atoms with Crippen molar-refractivity contribution in [3.63, 3.8) is 0 Å². The highest BCUT2D eigenvalue weighted by molar-refractivity contribution is 7.87. The van der Waals surface area contributed by atoms with Crippen LogP contribution in [-0.2, 0) is 28.6 Å². The molecule has 2 aromatic carbocycles. The van der Waals surface area contributed by atoms with Gasteiger partial charge in [0.2, 0.25) is 0 Å². The molecule has 2 aromatic rings. The molecule has 0 saturated heterocycles. The van der Waals surface area contributed by atoms with Crippen molar-refractivity contribution in [2.75, 3.05) is 13.2 Å². The standard InChI is InChI=1S/2C11H16O3S/c2*1-3-4-9-14-15(12,13)11-7-5-10(2)6-8-11/h2*5-8H,3-4,9H2,1-2H3. The Morgan fingerprint density at radius 2 is 0.900 bits per heavy atom. The second-order valence-corrected chi connectivity index (χ2v) is 10.1. The van der Waals surface area contributed by atoms with Gasteiger partial charge < -0.3 is 0 Å². The second kappa shape index (κ2) is 12.8. The van der Waals surface area contributed by atoms with Crippen LogP contribution in [0.2, 0.25) is 0 Å². The monoisotopic (exact) mass is 456 g/mol. The van der Waals surface area contributed by atoms with Gasteiger partial charge in [-0.3, -0.25) is 8.37 Å². The molecule has 0 amide bonds. The summed E-state index contributed by atoms with van der Waals surface area (Å²) >= 11 is 0. The van der Waals surface area contributed by atoms with Crippen LogP contribution in [0.25, 0.3) is 0 Å². The Bertz CT molecular complexity index is 866. The molecular formula is C22H32O6S2. The zero-order chi connectivity index (χ0) is 22.6. The van der Waals surface area contributed by atoms with Crippen LogP contribution < -0.4 is 0 Å². The third-order valence-electron chi connectivity index (χ3n) is 4.09. The van der Waals surface area contributed by atoms with Crippen LogP contribution >= 0.6 is 0 Å². The molecule has 168 valence electrons. The fourth-order valence-corrected chi connectivity index (χ4v) is 4.06. The summed E-state index contributed by atoms with van der Waals surface area (Å²) in [4.78, 5) is 0.452. The quantitative estimate of drug-likeness (QED) is 0.369. The molecule has 0 bridgehead atoms. The van der Waals surface area contributed by atoms with Crippen LogP contribution in [0.5, 0.6) is 0 Å². The summed E-state index contributed by atoms with van der Waals surface area (Å²) in [5.74, 6) is 0. The number of hydrogen-bond donors (Lipinski definition) is 0. The maximum Gasteiger partial charge on any atom is 0.296 e. The van der Waals surface area contributed by atoms with Crippen LogP contribution in [0.1, 0.15) is 50.7 Å². The van der Waals surface area contributed by atoms with Gasteiger partial charge in [0.15, 0.2) is 0 Å². The van der Waals surface area contributed by atoms with E-state index in [1.165, 1.54) is 0 Å². The third-order valence-corrected chi connectivity index (χ3v) is 6.75. The van der Waals surface area contributed by atoms with Gasteiger partial charge in [-0.25, -0.2) is 0 Å². The lowest BCUT2D eigenvalue weighted by Gasteiger charge is -2.04. The summed E-state index contributed by atoms with van der Waals surface area (Å²) in [7, 11) is -7.10. The van der Waals surface area contributed by atoms with Crippen molar-refractivity contribution < 1.29 is 25.2 Å². The first-order chi connectivity index (χ1) is 14.1. The molecule has 0 saturated carbocycles. The van der Waals surface area contributed by atoms with Crippen LogP contribution in [-0.4, -0.2) is 30.0 Å². The highest BCUT2D eigenvalue weighted by atomic mass is 32.2. The van der Waals surface area contributed by atoms with Crippen molar-refractivity contribution in [1.29, 1.82) is 0 Å². The number of unbranched alkanes of at least 4 members (excludes halogenated alkanes) is 2. The van der Waals surface area contributed by atoms with E-state index in [0.717, 1.165) is 36.8 Å². The molecule has 0 radical (unpaired) electrons. The van der Waals surface area contributed by atoms with Crippen molar-refractivity contribution in [3.05, 3.63) is 59.7 Å². The SMILES string of the molecule is CCCCOS(=O)(=O)c1ccc(C)cc1.CCCCOS(=O)(=O)c1ccc(C)cc1. The molecule has 2 rings (SSSR count). The number of benzene rings is 2.